The summed E-state index contributed by atoms with van der Waals surface area (Å²) >= 11 is 1.34. The second kappa shape index (κ2) is 11.0. The summed E-state index contributed by atoms with van der Waals surface area (Å²) in [4.78, 5) is 51.2. The molecule has 0 radical (unpaired) electrons. The van der Waals surface area contributed by atoms with Crippen molar-refractivity contribution in [1.29, 1.82) is 0 Å². The minimum atomic E-state index is -2.55. The number of thioether (sulfide) groups is 1. The molecule has 2 aromatic rings. The Morgan fingerprint density at radius 3 is 2.16 bits per heavy atom. The van der Waals surface area contributed by atoms with E-state index in [1.165, 1.54) is 37.9 Å². The van der Waals surface area contributed by atoms with Gasteiger partial charge >= 0.3 is 5.97 Å². The Bertz CT molecular complexity index is 1200. The Morgan fingerprint density at radius 1 is 1.05 bits per heavy atom. The zero-order chi connectivity index (χ0) is 26.6. The number of benzene rings is 2. The molecule has 4 rings (SSSR count). The Kier molecular flexibility index (Phi) is 7.94. The standard InChI is InChI=1S/C28H28FNO6S/c1-19(31)14-17-30(20(2)32)26-27(16-18-37-27)25(35-24(34)22-11-7-4-8-12-22)28(29,36-26)15-13-23(33)21-9-5-3-6-10-21/h3-12,14,17,25-26H,13,15-16,18H2,1-2H3/b17-14-/t25-,26+,27+,28+/m0/s1. The number of hydrogen-bond donors (Lipinski definition) is 0. The smallest absolute Gasteiger partial charge is 0.338 e. The summed E-state index contributed by atoms with van der Waals surface area (Å²) < 4.78 is 27.4. The van der Waals surface area contributed by atoms with Crippen molar-refractivity contribution in [2.75, 3.05) is 5.75 Å². The van der Waals surface area contributed by atoms with Crippen molar-refractivity contribution >= 4 is 35.2 Å². The summed E-state index contributed by atoms with van der Waals surface area (Å²) in [5.74, 6) is -3.69. The van der Waals surface area contributed by atoms with Crippen LogP contribution < -0.4 is 0 Å². The number of Topliss-reactive ketones (excluding diaryl/α,β-unsaturated/α-hetero) is 1. The maximum absolute atomic E-state index is 16.8. The van der Waals surface area contributed by atoms with Gasteiger partial charge in [0.15, 0.2) is 23.9 Å². The number of esters is 1. The summed E-state index contributed by atoms with van der Waals surface area (Å²) in [5, 5.41) is 0. The highest BCUT2D eigenvalue weighted by atomic mass is 32.2. The molecular formula is C28H28FNO6S. The van der Waals surface area contributed by atoms with Gasteiger partial charge in [0.2, 0.25) is 11.8 Å². The van der Waals surface area contributed by atoms with Gasteiger partial charge in [0, 0.05) is 31.5 Å². The summed E-state index contributed by atoms with van der Waals surface area (Å²) in [6.07, 6.45) is -0.245. The number of ether oxygens (including phenoxy) is 2. The zero-order valence-electron chi connectivity index (χ0n) is 20.6. The SMILES string of the molecule is CC(=O)/C=C\N(C(C)=O)[C@@H]1O[C@](F)(CCC(=O)c2ccccc2)[C@@H](OC(=O)c2ccccc2)[C@]12CCS2. The molecule has 0 N–H and O–H groups in total. The highest BCUT2D eigenvalue weighted by molar-refractivity contribution is 8.02. The van der Waals surface area contributed by atoms with E-state index in [1.807, 2.05) is 0 Å². The first-order valence-electron chi connectivity index (χ1n) is 12.0. The predicted molar refractivity (Wildman–Crippen MR) is 137 cm³/mol. The number of rotatable bonds is 9. The number of carbonyl (C=O) groups is 4. The minimum absolute atomic E-state index is 0.198. The average Bonchev–Trinajstić information content (AvgIpc) is 3.12. The molecule has 4 atom stereocenters. The van der Waals surface area contributed by atoms with Crippen molar-refractivity contribution in [2.24, 2.45) is 0 Å². The molecule has 1 spiro atoms. The highest BCUT2D eigenvalue weighted by Gasteiger charge is 2.71. The molecule has 2 aliphatic heterocycles. The maximum Gasteiger partial charge on any atom is 0.338 e. The van der Waals surface area contributed by atoms with Crippen LogP contribution in [-0.2, 0) is 19.1 Å². The number of halogens is 1. The van der Waals surface area contributed by atoms with Crippen LogP contribution in [0.5, 0.6) is 0 Å². The van der Waals surface area contributed by atoms with Crippen LogP contribution in [0.2, 0.25) is 0 Å². The molecular weight excluding hydrogens is 497 g/mol. The second-order valence-corrected chi connectivity index (χ2v) is 10.6. The van der Waals surface area contributed by atoms with Crippen molar-refractivity contribution < 1.29 is 33.0 Å². The molecule has 0 aromatic heterocycles. The van der Waals surface area contributed by atoms with Crippen molar-refractivity contribution in [3.05, 3.63) is 84.1 Å². The van der Waals surface area contributed by atoms with E-state index in [9.17, 15) is 19.2 Å². The second-order valence-electron chi connectivity index (χ2n) is 9.10. The van der Waals surface area contributed by atoms with Crippen molar-refractivity contribution in [3.63, 3.8) is 0 Å². The van der Waals surface area contributed by atoms with E-state index >= 15 is 4.39 Å². The van der Waals surface area contributed by atoms with Crippen LogP contribution in [0.15, 0.2) is 72.9 Å². The lowest BCUT2D eigenvalue weighted by atomic mass is 9.89. The van der Waals surface area contributed by atoms with Crippen LogP contribution in [0.1, 0.15) is 53.8 Å². The van der Waals surface area contributed by atoms with E-state index in [1.54, 1.807) is 60.7 Å². The predicted octanol–water partition coefficient (Wildman–Crippen LogP) is 4.72. The lowest BCUT2D eigenvalue weighted by Gasteiger charge is -2.46. The van der Waals surface area contributed by atoms with Gasteiger partial charge in [-0.05, 0) is 37.3 Å². The van der Waals surface area contributed by atoms with Gasteiger partial charge in [0.05, 0.1) is 5.56 Å². The van der Waals surface area contributed by atoms with Gasteiger partial charge in [-0.25, -0.2) is 9.18 Å². The number of nitrogens with zero attached hydrogens (tertiary/aromatic N) is 1. The fraction of sp³-hybridized carbons (Fsp3) is 0.357. The van der Waals surface area contributed by atoms with Crippen LogP contribution in [0.4, 0.5) is 4.39 Å². The molecule has 2 aliphatic rings. The largest absolute Gasteiger partial charge is 0.451 e. The third kappa shape index (κ3) is 5.52. The number of alkyl halides is 1. The van der Waals surface area contributed by atoms with E-state index < -0.39 is 34.8 Å². The lowest BCUT2D eigenvalue weighted by Crippen LogP contribution is -2.59. The fourth-order valence-corrected chi connectivity index (χ4v) is 5.94. The minimum Gasteiger partial charge on any atom is -0.451 e. The number of hydrogen-bond acceptors (Lipinski definition) is 7. The zero-order valence-corrected chi connectivity index (χ0v) is 21.4. The van der Waals surface area contributed by atoms with Crippen LogP contribution >= 0.6 is 11.8 Å². The number of allylic oxidation sites excluding steroid dienone is 1. The van der Waals surface area contributed by atoms with Crippen LogP contribution in [0.25, 0.3) is 0 Å². The Morgan fingerprint density at radius 2 is 1.65 bits per heavy atom. The lowest BCUT2D eigenvalue weighted by molar-refractivity contribution is -0.198. The molecule has 9 heteroatoms. The molecule has 0 saturated carbocycles. The average molecular weight is 526 g/mol. The van der Waals surface area contributed by atoms with Gasteiger partial charge < -0.3 is 9.47 Å². The van der Waals surface area contributed by atoms with E-state index in [4.69, 9.17) is 9.47 Å². The van der Waals surface area contributed by atoms with Gasteiger partial charge in [0.25, 0.3) is 0 Å². The van der Waals surface area contributed by atoms with Crippen molar-refractivity contribution in [3.8, 4) is 0 Å². The van der Waals surface area contributed by atoms with E-state index in [0.717, 1.165) is 4.90 Å². The molecule has 2 saturated heterocycles. The van der Waals surface area contributed by atoms with Gasteiger partial charge in [0.1, 0.15) is 4.75 Å². The molecule has 0 unspecified atom stereocenters. The molecule has 0 bridgehead atoms. The third-order valence-corrected chi connectivity index (χ3v) is 8.10. The van der Waals surface area contributed by atoms with Gasteiger partial charge in [-0.2, -0.15) is 0 Å². The quantitative estimate of drug-likeness (QED) is 0.266. The molecule has 2 fully saturated rings. The first-order valence-corrected chi connectivity index (χ1v) is 13.0. The van der Waals surface area contributed by atoms with E-state index in [0.29, 0.717) is 17.7 Å². The maximum atomic E-state index is 16.8. The molecule has 37 heavy (non-hydrogen) atoms. The topological polar surface area (TPSA) is 90.0 Å². The number of carbonyl (C=O) groups excluding carboxylic acids is 4. The summed E-state index contributed by atoms with van der Waals surface area (Å²) in [6, 6.07) is 16.7. The first kappa shape index (κ1) is 26.8. The van der Waals surface area contributed by atoms with Gasteiger partial charge in [-0.15, -0.1) is 11.8 Å². The molecule has 2 heterocycles. The summed E-state index contributed by atoms with van der Waals surface area (Å²) in [6.45, 7) is 2.62. The Balaban J connectivity index is 1.68. The number of ketones is 2. The monoisotopic (exact) mass is 525 g/mol. The van der Waals surface area contributed by atoms with E-state index in [-0.39, 0.29) is 30.0 Å². The highest BCUT2D eigenvalue weighted by Crippen LogP contribution is 2.59. The van der Waals surface area contributed by atoms with Crippen LogP contribution in [0, 0.1) is 0 Å². The molecule has 2 aromatic carbocycles. The third-order valence-electron chi connectivity index (χ3n) is 6.53. The van der Waals surface area contributed by atoms with Crippen molar-refractivity contribution in [1.82, 2.24) is 4.90 Å². The number of amides is 1. The molecule has 1 amide bonds. The fourth-order valence-electron chi connectivity index (χ4n) is 4.59. The Labute approximate surface area is 219 Å². The summed E-state index contributed by atoms with van der Waals surface area (Å²) in [5.41, 5.74) is 0.675. The summed E-state index contributed by atoms with van der Waals surface area (Å²) in [7, 11) is 0. The molecule has 0 aliphatic carbocycles. The van der Waals surface area contributed by atoms with E-state index in [2.05, 4.69) is 0 Å². The van der Waals surface area contributed by atoms with Crippen molar-refractivity contribution in [2.45, 2.75) is 56.0 Å². The normalized spacial score (nSPS) is 26.6. The van der Waals surface area contributed by atoms with Crippen LogP contribution in [-0.4, -0.2) is 57.0 Å². The first-order chi connectivity index (χ1) is 17.7. The van der Waals surface area contributed by atoms with Gasteiger partial charge in [-0.1, -0.05) is 48.5 Å². The Hall–Kier alpha value is -3.30. The van der Waals surface area contributed by atoms with Gasteiger partial charge in [-0.3, -0.25) is 19.3 Å². The van der Waals surface area contributed by atoms with Crippen LogP contribution in [0.3, 0.4) is 0 Å². The molecule has 7 nitrogen and oxygen atoms in total. The molecule has 194 valence electrons.